The highest BCUT2D eigenvalue weighted by molar-refractivity contribution is 14.0. The summed E-state index contributed by atoms with van der Waals surface area (Å²) in [6.07, 6.45) is 2.96. The Morgan fingerprint density at radius 2 is 2.29 bits per heavy atom. The number of rotatable bonds is 3. The first-order valence-corrected chi connectivity index (χ1v) is 7.84. The molecule has 2 N–H and O–H groups in total. The molecule has 0 aliphatic carbocycles. The summed E-state index contributed by atoms with van der Waals surface area (Å²) in [6.45, 7) is 11.0. The number of halogens is 1. The first kappa shape index (κ1) is 18.5. The molecule has 1 unspecified atom stereocenters. The van der Waals surface area contributed by atoms with Crippen molar-refractivity contribution in [3.63, 3.8) is 0 Å². The topological polar surface area (TPSA) is 56.7 Å². The van der Waals surface area contributed by atoms with E-state index in [0.29, 0.717) is 12.3 Å². The SMILES string of the molecule is CCNC(=NCC(C)C)N1CCCC2(CNC(=O)C2)C1.I. The summed E-state index contributed by atoms with van der Waals surface area (Å²) in [5.74, 6) is 1.78. The van der Waals surface area contributed by atoms with Gasteiger partial charge in [0.05, 0.1) is 0 Å². The molecule has 6 heteroatoms. The highest BCUT2D eigenvalue weighted by Crippen LogP contribution is 2.35. The fourth-order valence-electron chi connectivity index (χ4n) is 3.12. The summed E-state index contributed by atoms with van der Waals surface area (Å²) in [5, 5.41) is 6.39. The standard InChI is InChI=1S/C15H28N4O.HI/c1-4-16-14(17-9-12(2)3)19-7-5-6-15(11-19)8-13(20)18-10-15;/h12H,4-11H2,1-3H3,(H,16,17)(H,18,20);1H. The first-order valence-electron chi connectivity index (χ1n) is 7.84. The Kier molecular flexibility index (Phi) is 7.23. The van der Waals surface area contributed by atoms with Gasteiger partial charge in [0, 0.05) is 44.6 Å². The molecule has 1 amide bonds. The lowest BCUT2D eigenvalue weighted by molar-refractivity contribution is -0.119. The average molecular weight is 408 g/mol. The number of amides is 1. The zero-order chi connectivity index (χ0) is 14.6. The Morgan fingerprint density at radius 3 is 2.86 bits per heavy atom. The molecule has 5 nitrogen and oxygen atoms in total. The second-order valence-corrected chi connectivity index (χ2v) is 6.57. The molecule has 0 aromatic rings. The average Bonchev–Trinajstić information content (AvgIpc) is 2.75. The summed E-state index contributed by atoms with van der Waals surface area (Å²) in [4.78, 5) is 18.6. The van der Waals surface area contributed by atoms with Crippen molar-refractivity contribution >= 4 is 35.8 Å². The van der Waals surface area contributed by atoms with Crippen molar-refractivity contribution < 1.29 is 4.79 Å². The van der Waals surface area contributed by atoms with Crippen molar-refractivity contribution in [2.75, 3.05) is 32.7 Å². The van der Waals surface area contributed by atoms with Crippen LogP contribution in [0.1, 0.15) is 40.0 Å². The minimum absolute atomic E-state index is 0. The molecule has 0 saturated carbocycles. The zero-order valence-electron chi connectivity index (χ0n) is 13.4. The summed E-state index contributed by atoms with van der Waals surface area (Å²) >= 11 is 0. The summed E-state index contributed by atoms with van der Waals surface area (Å²) in [6, 6.07) is 0. The van der Waals surface area contributed by atoms with Crippen LogP contribution in [0.4, 0.5) is 0 Å². The van der Waals surface area contributed by atoms with E-state index in [2.05, 4.69) is 36.3 Å². The molecule has 0 radical (unpaired) electrons. The van der Waals surface area contributed by atoms with Gasteiger partial charge in [-0.2, -0.15) is 0 Å². The van der Waals surface area contributed by atoms with Crippen LogP contribution in [0.2, 0.25) is 0 Å². The molecule has 2 rings (SSSR count). The lowest BCUT2D eigenvalue weighted by atomic mass is 9.79. The van der Waals surface area contributed by atoms with Crippen LogP contribution in [0.15, 0.2) is 4.99 Å². The molecule has 21 heavy (non-hydrogen) atoms. The largest absolute Gasteiger partial charge is 0.357 e. The fraction of sp³-hybridized carbons (Fsp3) is 0.867. The monoisotopic (exact) mass is 408 g/mol. The van der Waals surface area contributed by atoms with Gasteiger partial charge >= 0.3 is 0 Å². The van der Waals surface area contributed by atoms with Gasteiger partial charge < -0.3 is 15.5 Å². The van der Waals surface area contributed by atoms with Crippen LogP contribution >= 0.6 is 24.0 Å². The predicted octanol–water partition coefficient (Wildman–Crippen LogP) is 1.83. The van der Waals surface area contributed by atoms with E-state index < -0.39 is 0 Å². The van der Waals surface area contributed by atoms with Crippen LogP contribution in [0, 0.1) is 11.3 Å². The van der Waals surface area contributed by atoms with Crippen LogP contribution in [0.25, 0.3) is 0 Å². The maximum atomic E-state index is 11.6. The summed E-state index contributed by atoms with van der Waals surface area (Å²) < 4.78 is 0. The lowest BCUT2D eigenvalue weighted by Gasteiger charge is -2.40. The van der Waals surface area contributed by atoms with E-state index in [0.717, 1.165) is 51.5 Å². The van der Waals surface area contributed by atoms with E-state index in [-0.39, 0.29) is 35.3 Å². The number of carbonyl (C=O) groups is 1. The molecular formula is C15H29IN4O. The van der Waals surface area contributed by atoms with E-state index >= 15 is 0 Å². The first-order chi connectivity index (χ1) is 9.54. The van der Waals surface area contributed by atoms with Crippen molar-refractivity contribution in [1.29, 1.82) is 0 Å². The minimum atomic E-state index is 0. The predicted molar refractivity (Wildman–Crippen MR) is 97.1 cm³/mol. The van der Waals surface area contributed by atoms with E-state index in [1.54, 1.807) is 0 Å². The Balaban J connectivity index is 0.00000220. The molecular weight excluding hydrogens is 379 g/mol. The number of hydrogen-bond donors (Lipinski definition) is 2. The van der Waals surface area contributed by atoms with Gasteiger partial charge in [-0.05, 0) is 25.7 Å². The van der Waals surface area contributed by atoms with Crippen LogP contribution in [-0.4, -0.2) is 49.5 Å². The number of nitrogens with zero attached hydrogens (tertiary/aromatic N) is 2. The number of guanidine groups is 1. The molecule has 2 aliphatic heterocycles. The molecule has 0 bridgehead atoms. The van der Waals surface area contributed by atoms with Crippen molar-refractivity contribution in [2.45, 2.75) is 40.0 Å². The van der Waals surface area contributed by atoms with Crippen LogP contribution in [0.3, 0.4) is 0 Å². The quantitative estimate of drug-likeness (QED) is 0.426. The van der Waals surface area contributed by atoms with E-state index in [9.17, 15) is 4.79 Å². The number of likely N-dealkylation sites (tertiary alicyclic amines) is 1. The third kappa shape index (κ3) is 5.00. The molecule has 0 aromatic carbocycles. The van der Waals surface area contributed by atoms with Gasteiger partial charge in [0.1, 0.15) is 0 Å². The Bertz CT molecular complexity index is 386. The van der Waals surface area contributed by atoms with Gasteiger partial charge in [-0.1, -0.05) is 13.8 Å². The van der Waals surface area contributed by atoms with Crippen molar-refractivity contribution in [1.82, 2.24) is 15.5 Å². The third-order valence-electron chi connectivity index (χ3n) is 4.10. The molecule has 122 valence electrons. The Morgan fingerprint density at radius 1 is 1.52 bits per heavy atom. The Labute approximate surface area is 145 Å². The second-order valence-electron chi connectivity index (χ2n) is 6.57. The molecule has 2 saturated heterocycles. The molecule has 2 fully saturated rings. The molecule has 1 spiro atoms. The van der Waals surface area contributed by atoms with Gasteiger partial charge in [0.25, 0.3) is 0 Å². The highest BCUT2D eigenvalue weighted by Gasteiger charge is 2.42. The Hall–Kier alpha value is -0.530. The minimum Gasteiger partial charge on any atom is -0.357 e. The maximum Gasteiger partial charge on any atom is 0.220 e. The van der Waals surface area contributed by atoms with Crippen molar-refractivity contribution in [2.24, 2.45) is 16.3 Å². The number of aliphatic imine (C=N–C) groups is 1. The van der Waals surface area contributed by atoms with Crippen molar-refractivity contribution in [3.05, 3.63) is 0 Å². The molecule has 1 atom stereocenters. The van der Waals surface area contributed by atoms with Crippen LogP contribution in [0.5, 0.6) is 0 Å². The van der Waals surface area contributed by atoms with E-state index in [1.165, 1.54) is 0 Å². The lowest BCUT2D eigenvalue weighted by Crippen LogP contribution is -2.51. The summed E-state index contributed by atoms with van der Waals surface area (Å²) in [7, 11) is 0. The fourth-order valence-corrected chi connectivity index (χ4v) is 3.12. The molecule has 0 aromatic heterocycles. The van der Waals surface area contributed by atoms with Gasteiger partial charge in [0.15, 0.2) is 5.96 Å². The van der Waals surface area contributed by atoms with Gasteiger partial charge in [-0.15, -0.1) is 24.0 Å². The third-order valence-corrected chi connectivity index (χ3v) is 4.10. The number of piperidine rings is 1. The molecule has 2 aliphatic rings. The van der Waals surface area contributed by atoms with Crippen LogP contribution < -0.4 is 10.6 Å². The summed E-state index contributed by atoms with van der Waals surface area (Å²) in [5.41, 5.74) is 0.128. The highest BCUT2D eigenvalue weighted by atomic mass is 127. The number of hydrogen-bond acceptors (Lipinski definition) is 2. The van der Waals surface area contributed by atoms with Gasteiger partial charge in [-0.25, -0.2) is 0 Å². The maximum absolute atomic E-state index is 11.6. The molecule has 2 heterocycles. The smallest absolute Gasteiger partial charge is 0.220 e. The zero-order valence-corrected chi connectivity index (χ0v) is 15.8. The van der Waals surface area contributed by atoms with Crippen molar-refractivity contribution in [3.8, 4) is 0 Å². The normalized spacial score (nSPS) is 26.0. The van der Waals surface area contributed by atoms with E-state index in [4.69, 9.17) is 4.99 Å². The second kappa shape index (κ2) is 8.19. The van der Waals surface area contributed by atoms with Gasteiger partial charge in [0.2, 0.25) is 5.91 Å². The number of nitrogens with one attached hydrogen (secondary N) is 2. The number of carbonyl (C=O) groups excluding carboxylic acids is 1. The van der Waals surface area contributed by atoms with E-state index in [1.807, 2.05) is 0 Å². The van der Waals surface area contributed by atoms with Crippen LogP contribution in [-0.2, 0) is 4.79 Å². The van der Waals surface area contributed by atoms with Gasteiger partial charge in [-0.3, -0.25) is 9.79 Å².